The first kappa shape index (κ1) is 13.9. The van der Waals surface area contributed by atoms with Gasteiger partial charge >= 0.3 is 0 Å². The summed E-state index contributed by atoms with van der Waals surface area (Å²) in [6.45, 7) is 0.213. The maximum Gasteiger partial charge on any atom is 0.244 e. The molecule has 1 atom stereocenters. The van der Waals surface area contributed by atoms with Crippen LogP contribution in [0.3, 0.4) is 0 Å². The van der Waals surface area contributed by atoms with Gasteiger partial charge in [0.15, 0.2) is 17.0 Å². The average Bonchev–Trinajstić information content (AvgIpc) is 2.81. The Hall–Kier alpha value is -1.48. The van der Waals surface area contributed by atoms with Crippen molar-refractivity contribution in [2.24, 2.45) is 0 Å². The molecule has 0 spiro atoms. The number of imidazole rings is 1. The van der Waals surface area contributed by atoms with E-state index in [4.69, 9.17) is 21.4 Å². The van der Waals surface area contributed by atoms with Crippen molar-refractivity contribution < 1.29 is 14.9 Å². The first-order valence-corrected chi connectivity index (χ1v) is 6.03. The van der Waals surface area contributed by atoms with Crippen LogP contribution in [0.25, 0.3) is 11.2 Å². The molecule has 0 aliphatic carbocycles. The average molecular weight is 288 g/mol. The molecule has 19 heavy (non-hydrogen) atoms. The zero-order valence-electron chi connectivity index (χ0n) is 10.2. The van der Waals surface area contributed by atoms with Gasteiger partial charge in [-0.25, -0.2) is 4.98 Å². The number of ether oxygens (including phenoxy) is 1. The third-order valence-electron chi connectivity index (χ3n) is 2.44. The largest absolute Gasteiger partial charge is 0.396 e. The summed E-state index contributed by atoms with van der Waals surface area (Å²) in [5, 5.41) is 21.4. The lowest BCUT2D eigenvalue weighted by Gasteiger charge is -2.13. The van der Waals surface area contributed by atoms with Crippen LogP contribution in [-0.2, 0) is 4.74 Å². The minimum absolute atomic E-state index is 0.00467. The first-order valence-electron chi connectivity index (χ1n) is 5.65. The molecule has 8 nitrogen and oxygen atoms in total. The Morgan fingerprint density at radius 3 is 3.00 bits per heavy atom. The third-order valence-corrected chi connectivity index (χ3v) is 2.61. The van der Waals surface area contributed by atoms with E-state index in [1.807, 2.05) is 0 Å². The van der Waals surface area contributed by atoms with Crippen molar-refractivity contribution in [2.75, 3.05) is 25.6 Å². The Morgan fingerprint density at radius 2 is 2.32 bits per heavy atom. The fourth-order valence-corrected chi connectivity index (χ4v) is 1.72. The predicted octanol–water partition coefficient (Wildman–Crippen LogP) is 0.369. The van der Waals surface area contributed by atoms with E-state index < -0.39 is 6.41 Å². The van der Waals surface area contributed by atoms with Crippen molar-refractivity contribution >= 4 is 28.6 Å². The second-order valence-corrected chi connectivity index (χ2v) is 4.03. The molecule has 1 unspecified atom stereocenters. The summed E-state index contributed by atoms with van der Waals surface area (Å²) >= 11 is 5.80. The monoisotopic (exact) mass is 287 g/mol. The van der Waals surface area contributed by atoms with E-state index in [0.29, 0.717) is 23.4 Å². The van der Waals surface area contributed by atoms with Gasteiger partial charge in [0, 0.05) is 13.7 Å². The number of aliphatic hydroxyl groups is 2. The Balaban J connectivity index is 2.31. The van der Waals surface area contributed by atoms with Crippen LogP contribution in [0.5, 0.6) is 0 Å². The summed E-state index contributed by atoms with van der Waals surface area (Å²) in [5.41, 5.74) is 0.845. The van der Waals surface area contributed by atoms with E-state index in [9.17, 15) is 5.11 Å². The number of nitrogens with one attached hydrogen (secondary N) is 1. The van der Waals surface area contributed by atoms with E-state index in [0.717, 1.165) is 0 Å². The Morgan fingerprint density at radius 1 is 1.53 bits per heavy atom. The molecule has 0 aromatic carbocycles. The Kier molecular flexibility index (Phi) is 4.48. The summed E-state index contributed by atoms with van der Waals surface area (Å²) in [6, 6.07) is 0. The fourth-order valence-electron chi connectivity index (χ4n) is 1.56. The van der Waals surface area contributed by atoms with Crippen LogP contribution in [0.2, 0.25) is 5.28 Å². The number of aromatic nitrogens is 4. The summed E-state index contributed by atoms with van der Waals surface area (Å²) in [7, 11) is 1.69. The van der Waals surface area contributed by atoms with Crippen LogP contribution in [0.4, 0.5) is 5.82 Å². The first-order chi connectivity index (χ1) is 9.17. The second-order valence-electron chi connectivity index (χ2n) is 3.69. The van der Waals surface area contributed by atoms with Crippen molar-refractivity contribution in [3.63, 3.8) is 0 Å². The number of halogens is 1. The molecule has 2 aromatic rings. The molecule has 0 amide bonds. The molecule has 3 N–H and O–H groups in total. The summed E-state index contributed by atoms with van der Waals surface area (Å²) in [5.74, 6) is 0.469. The summed E-state index contributed by atoms with van der Waals surface area (Å²) in [6.07, 6.45) is 0.577. The number of hydrogen-bond donors (Lipinski definition) is 3. The van der Waals surface area contributed by atoms with Gasteiger partial charge in [-0.2, -0.15) is 9.97 Å². The zero-order chi connectivity index (χ0) is 13.8. The van der Waals surface area contributed by atoms with Crippen LogP contribution >= 0.6 is 11.6 Å². The number of hydrogen-bond acceptors (Lipinski definition) is 7. The van der Waals surface area contributed by atoms with Crippen molar-refractivity contribution in [3.8, 4) is 0 Å². The van der Waals surface area contributed by atoms with Crippen LogP contribution in [-0.4, -0.2) is 50.0 Å². The Labute approximate surface area is 114 Å². The smallest absolute Gasteiger partial charge is 0.244 e. The molecule has 2 heterocycles. The minimum Gasteiger partial charge on any atom is -0.396 e. The lowest BCUT2D eigenvalue weighted by molar-refractivity contribution is -0.152. The molecule has 2 rings (SSSR count). The molecule has 0 aliphatic heterocycles. The number of fused-ring (bicyclic) bond motifs is 1. The quantitative estimate of drug-likeness (QED) is 0.400. The van der Waals surface area contributed by atoms with E-state index in [2.05, 4.69) is 20.3 Å². The second kappa shape index (κ2) is 6.11. The third kappa shape index (κ3) is 2.92. The van der Waals surface area contributed by atoms with Crippen molar-refractivity contribution in [1.29, 1.82) is 0 Å². The highest BCUT2D eigenvalue weighted by atomic mass is 35.5. The van der Waals surface area contributed by atoms with Gasteiger partial charge in [-0.15, -0.1) is 0 Å². The fraction of sp³-hybridized carbons (Fsp3) is 0.500. The van der Waals surface area contributed by atoms with Crippen LogP contribution in [0.1, 0.15) is 12.8 Å². The van der Waals surface area contributed by atoms with E-state index >= 15 is 0 Å². The van der Waals surface area contributed by atoms with Gasteiger partial charge in [0.25, 0.3) is 0 Å². The number of nitrogens with zero attached hydrogens (tertiary/aromatic N) is 4. The number of rotatable bonds is 6. The standard InChI is InChI=1S/C10H14ClN5O3/c1-12-7-6-8(15-9(11)14-7)16(5-13-6)10(18)19-4-2-3-17/h5,10,17-18H,2-4H2,1H3,(H,12,14,15). The number of anilines is 1. The van der Waals surface area contributed by atoms with Gasteiger partial charge in [0.1, 0.15) is 6.33 Å². The molecular formula is C10H14ClN5O3. The molecule has 0 bridgehead atoms. The lowest BCUT2D eigenvalue weighted by atomic mass is 10.5. The molecule has 0 saturated carbocycles. The molecule has 0 fully saturated rings. The summed E-state index contributed by atoms with van der Waals surface area (Å²) < 4.78 is 6.48. The van der Waals surface area contributed by atoms with E-state index in [1.165, 1.54) is 10.9 Å². The van der Waals surface area contributed by atoms with Crippen molar-refractivity contribution in [1.82, 2.24) is 19.5 Å². The highest BCUT2D eigenvalue weighted by Crippen LogP contribution is 2.22. The molecule has 0 radical (unpaired) electrons. The highest BCUT2D eigenvalue weighted by molar-refractivity contribution is 6.28. The number of aliphatic hydroxyl groups excluding tert-OH is 2. The van der Waals surface area contributed by atoms with Gasteiger partial charge in [0.2, 0.25) is 11.7 Å². The molecule has 104 valence electrons. The van der Waals surface area contributed by atoms with Gasteiger partial charge in [0.05, 0.1) is 6.61 Å². The Bertz CT molecular complexity index is 561. The normalized spacial score (nSPS) is 12.8. The van der Waals surface area contributed by atoms with E-state index in [-0.39, 0.29) is 18.5 Å². The van der Waals surface area contributed by atoms with Crippen LogP contribution in [0.15, 0.2) is 6.33 Å². The maximum atomic E-state index is 9.88. The summed E-state index contributed by atoms with van der Waals surface area (Å²) in [4.78, 5) is 12.1. The topological polar surface area (TPSA) is 105 Å². The van der Waals surface area contributed by atoms with E-state index in [1.54, 1.807) is 7.05 Å². The molecular weight excluding hydrogens is 274 g/mol. The van der Waals surface area contributed by atoms with Crippen molar-refractivity contribution in [2.45, 2.75) is 12.8 Å². The van der Waals surface area contributed by atoms with Gasteiger partial charge < -0.3 is 20.3 Å². The SMILES string of the molecule is CNc1nc(Cl)nc2c1ncn2C(O)OCCCO. The lowest BCUT2D eigenvalue weighted by Crippen LogP contribution is -2.13. The maximum absolute atomic E-state index is 9.88. The predicted molar refractivity (Wildman–Crippen MR) is 68.8 cm³/mol. The minimum atomic E-state index is -1.24. The zero-order valence-corrected chi connectivity index (χ0v) is 11.0. The molecule has 0 saturated heterocycles. The van der Waals surface area contributed by atoms with Crippen LogP contribution < -0.4 is 5.32 Å². The van der Waals surface area contributed by atoms with Gasteiger partial charge in [-0.05, 0) is 18.0 Å². The molecule has 9 heteroatoms. The molecule has 2 aromatic heterocycles. The highest BCUT2D eigenvalue weighted by Gasteiger charge is 2.16. The van der Waals surface area contributed by atoms with Gasteiger partial charge in [-0.3, -0.25) is 4.57 Å². The molecule has 0 aliphatic rings. The van der Waals surface area contributed by atoms with Crippen molar-refractivity contribution in [3.05, 3.63) is 11.6 Å². The van der Waals surface area contributed by atoms with Gasteiger partial charge in [-0.1, -0.05) is 0 Å². The van der Waals surface area contributed by atoms with Crippen LogP contribution in [0, 0.1) is 0 Å².